The van der Waals surface area contributed by atoms with E-state index in [1.165, 1.54) is 0 Å². The molecule has 2 aliphatic rings. The molecule has 0 spiro atoms. The number of hydrogen-bond donors (Lipinski definition) is 1. The first-order valence-electron chi connectivity index (χ1n) is 15.7. The molecule has 6 rings (SSSR count). The summed E-state index contributed by atoms with van der Waals surface area (Å²) < 4.78 is 11.6. The number of H-pyrrole nitrogens is 1. The maximum Gasteiger partial charge on any atom is 0.411 e. The number of para-hydroxylation sites is 1. The van der Waals surface area contributed by atoms with Gasteiger partial charge in [0.2, 0.25) is 0 Å². The first-order chi connectivity index (χ1) is 21.2. The molecule has 2 heterocycles. The summed E-state index contributed by atoms with van der Waals surface area (Å²) in [6.07, 6.45) is 4.96. The van der Waals surface area contributed by atoms with Crippen molar-refractivity contribution in [2.75, 3.05) is 6.61 Å². The largest absolute Gasteiger partial charge is 0.456 e. The second-order valence-corrected chi connectivity index (χ2v) is 13.0. The van der Waals surface area contributed by atoms with Gasteiger partial charge in [0.25, 0.3) is 0 Å². The molecule has 0 radical (unpaired) electrons. The van der Waals surface area contributed by atoms with Gasteiger partial charge in [-0.3, -0.25) is 9.69 Å². The van der Waals surface area contributed by atoms with Crippen molar-refractivity contribution in [2.45, 2.75) is 77.0 Å². The molecule has 0 unspecified atom stereocenters. The van der Waals surface area contributed by atoms with Crippen LogP contribution in [0, 0.1) is 5.92 Å². The Morgan fingerprint density at radius 3 is 2.20 bits per heavy atom. The van der Waals surface area contributed by atoms with E-state index < -0.39 is 30.3 Å². The van der Waals surface area contributed by atoms with E-state index in [9.17, 15) is 14.4 Å². The number of rotatable bonds is 6. The fourth-order valence-electron chi connectivity index (χ4n) is 6.78. The zero-order valence-corrected chi connectivity index (χ0v) is 25.7. The maximum absolute atomic E-state index is 13.9. The first kappa shape index (κ1) is 29.7. The van der Waals surface area contributed by atoms with Crippen LogP contribution in [0.5, 0.6) is 0 Å². The van der Waals surface area contributed by atoms with Gasteiger partial charge in [0.1, 0.15) is 11.6 Å². The molecule has 1 aliphatic heterocycles. The van der Waals surface area contributed by atoms with E-state index >= 15 is 0 Å². The Morgan fingerprint density at radius 2 is 1.50 bits per heavy atom. The topological polar surface area (TPSA) is 88.7 Å². The van der Waals surface area contributed by atoms with Crippen LogP contribution in [0.3, 0.4) is 0 Å². The highest BCUT2D eigenvalue weighted by molar-refractivity contribution is 5.99. The van der Waals surface area contributed by atoms with E-state index in [-0.39, 0.29) is 24.2 Å². The van der Waals surface area contributed by atoms with Crippen molar-refractivity contribution in [3.05, 3.63) is 95.7 Å². The summed E-state index contributed by atoms with van der Waals surface area (Å²) in [7, 11) is 0. The van der Waals surface area contributed by atoms with Crippen LogP contribution < -0.4 is 0 Å². The Hall–Kier alpha value is -4.39. The summed E-state index contributed by atoms with van der Waals surface area (Å²) >= 11 is 0. The lowest BCUT2D eigenvalue weighted by Crippen LogP contribution is -2.55. The first-order valence-corrected chi connectivity index (χ1v) is 15.7. The minimum absolute atomic E-state index is 0.170. The van der Waals surface area contributed by atoms with Gasteiger partial charge in [-0.15, -0.1) is 0 Å². The molecule has 7 nitrogen and oxygen atoms in total. The Bertz CT molecular complexity index is 1640. The van der Waals surface area contributed by atoms with Crippen LogP contribution >= 0.6 is 0 Å². The lowest BCUT2D eigenvalue weighted by molar-refractivity contribution is -0.151. The number of aromatic amines is 1. The minimum Gasteiger partial charge on any atom is -0.456 e. The third-order valence-corrected chi connectivity index (χ3v) is 8.81. The van der Waals surface area contributed by atoms with Crippen molar-refractivity contribution < 1.29 is 23.9 Å². The van der Waals surface area contributed by atoms with Crippen molar-refractivity contribution in [1.82, 2.24) is 9.88 Å². The number of fused-ring (bicyclic) bond motifs is 3. The Kier molecular flexibility index (Phi) is 8.30. The van der Waals surface area contributed by atoms with E-state index in [0.717, 1.165) is 65.4 Å². The number of ketones is 1. The SMILES string of the molecule is CC(C)(C)OC(=O)N1[C@@H](C(=O)OCC(=O)c2ccc(-c3ccccc3)cc2)Cc2c([nH]c3ccccc23)[C@@H]1C1CCCCC1. The normalized spacial score (nSPS) is 18.9. The van der Waals surface area contributed by atoms with Crippen LogP contribution in [0.2, 0.25) is 0 Å². The highest BCUT2D eigenvalue weighted by Gasteiger charge is 2.48. The average molecular weight is 593 g/mol. The number of carbonyl (C=O) groups is 3. The highest BCUT2D eigenvalue weighted by atomic mass is 16.6. The minimum atomic E-state index is -0.920. The average Bonchev–Trinajstić information content (AvgIpc) is 3.41. The molecule has 7 heteroatoms. The van der Waals surface area contributed by atoms with Crippen LogP contribution in [-0.4, -0.2) is 46.0 Å². The molecule has 1 aliphatic carbocycles. The molecular formula is C37H40N2O5. The number of ether oxygens (including phenoxy) is 2. The molecule has 1 amide bonds. The number of nitrogens with one attached hydrogen (secondary N) is 1. The number of esters is 1. The molecule has 1 fully saturated rings. The highest BCUT2D eigenvalue weighted by Crippen LogP contribution is 2.46. The van der Waals surface area contributed by atoms with Crippen molar-refractivity contribution in [2.24, 2.45) is 5.92 Å². The quantitative estimate of drug-likeness (QED) is 0.181. The van der Waals surface area contributed by atoms with E-state index in [1.807, 2.05) is 81.4 Å². The zero-order valence-electron chi connectivity index (χ0n) is 25.7. The molecule has 0 saturated heterocycles. The lowest BCUT2D eigenvalue weighted by Gasteiger charge is -2.45. The number of aromatic nitrogens is 1. The maximum atomic E-state index is 13.9. The Labute approximate surface area is 258 Å². The summed E-state index contributed by atoms with van der Waals surface area (Å²) in [4.78, 5) is 46.2. The molecule has 228 valence electrons. The van der Waals surface area contributed by atoms with Crippen LogP contribution in [-0.2, 0) is 20.7 Å². The molecule has 4 aromatic rings. The Balaban J connectivity index is 1.29. The summed E-state index contributed by atoms with van der Waals surface area (Å²) in [5, 5.41) is 1.04. The van der Waals surface area contributed by atoms with Crippen LogP contribution in [0.4, 0.5) is 4.79 Å². The number of Topliss-reactive ketones (excluding diaryl/α,β-unsaturated/α-hetero) is 1. The van der Waals surface area contributed by atoms with Crippen molar-refractivity contribution in [3.63, 3.8) is 0 Å². The van der Waals surface area contributed by atoms with E-state index in [2.05, 4.69) is 11.1 Å². The second kappa shape index (κ2) is 12.3. The van der Waals surface area contributed by atoms with Gasteiger partial charge >= 0.3 is 12.1 Å². The fraction of sp³-hybridized carbons (Fsp3) is 0.378. The van der Waals surface area contributed by atoms with Crippen molar-refractivity contribution in [1.29, 1.82) is 0 Å². The van der Waals surface area contributed by atoms with Gasteiger partial charge in [0.05, 0.1) is 6.04 Å². The van der Waals surface area contributed by atoms with Gasteiger partial charge in [-0.2, -0.15) is 0 Å². The fourth-order valence-corrected chi connectivity index (χ4v) is 6.78. The summed E-state index contributed by atoms with van der Waals surface area (Å²) in [6, 6.07) is 24.0. The number of nitrogens with zero attached hydrogens (tertiary/aromatic N) is 1. The van der Waals surface area contributed by atoms with E-state index in [4.69, 9.17) is 9.47 Å². The van der Waals surface area contributed by atoms with Gasteiger partial charge in [0, 0.05) is 28.6 Å². The number of amides is 1. The van der Waals surface area contributed by atoms with Gasteiger partial charge < -0.3 is 14.5 Å². The van der Waals surface area contributed by atoms with Crippen LogP contribution in [0.25, 0.3) is 22.0 Å². The molecule has 1 N–H and O–H groups in total. The predicted octanol–water partition coefficient (Wildman–Crippen LogP) is 8.04. The number of carbonyl (C=O) groups excluding carboxylic acids is 3. The van der Waals surface area contributed by atoms with E-state index in [0.29, 0.717) is 5.56 Å². The molecule has 0 bridgehead atoms. The number of benzene rings is 3. The molecule has 2 atom stereocenters. The molecular weight excluding hydrogens is 552 g/mol. The number of hydrogen-bond acceptors (Lipinski definition) is 5. The van der Waals surface area contributed by atoms with Gasteiger partial charge in [0.15, 0.2) is 12.4 Å². The monoisotopic (exact) mass is 592 g/mol. The predicted molar refractivity (Wildman–Crippen MR) is 170 cm³/mol. The smallest absolute Gasteiger partial charge is 0.411 e. The van der Waals surface area contributed by atoms with E-state index in [1.54, 1.807) is 17.0 Å². The third-order valence-electron chi connectivity index (χ3n) is 8.81. The van der Waals surface area contributed by atoms with Crippen LogP contribution in [0.15, 0.2) is 78.9 Å². The standard InChI is InChI=1S/C37H40N2O5/c1-37(2,3)44-36(42)39-31(35(41)43-23-32(40)26-20-18-25(19-21-26)24-12-6-4-7-13-24)22-29-28-16-10-11-17-30(28)38-33(29)34(39)27-14-8-5-9-15-27/h4,6-7,10-13,16-21,27,31,34,38H,5,8-9,14-15,22-23H2,1-3H3/t31-,34+/m1/s1. The molecule has 3 aromatic carbocycles. The summed E-state index contributed by atoms with van der Waals surface area (Å²) in [5.41, 5.74) is 4.75. The molecule has 44 heavy (non-hydrogen) atoms. The summed E-state index contributed by atoms with van der Waals surface area (Å²) in [6.45, 7) is 5.08. The zero-order chi connectivity index (χ0) is 30.8. The van der Waals surface area contributed by atoms with Crippen LogP contribution in [0.1, 0.15) is 80.5 Å². The van der Waals surface area contributed by atoms with Crippen molar-refractivity contribution in [3.8, 4) is 11.1 Å². The lowest BCUT2D eigenvalue weighted by atomic mass is 9.78. The molecule has 1 saturated carbocycles. The summed E-state index contributed by atoms with van der Waals surface area (Å²) in [5.74, 6) is -0.723. The second-order valence-electron chi connectivity index (χ2n) is 13.0. The molecule has 1 aromatic heterocycles. The van der Waals surface area contributed by atoms with Crippen molar-refractivity contribution >= 4 is 28.7 Å². The van der Waals surface area contributed by atoms with Gasteiger partial charge in [-0.1, -0.05) is 92.1 Å². The third kappa shape index (κ3) is 6.14. The van der Waals surface area contributed by atoms with Gasteiger partial charge in [-0.05, 0) is 62.3 Å². The Morgan fingerprint density at radius 1 is 0.841 bits per heavy atom. The van der Waals surface area contributed by atoms with Gasteiger partial charge in [-0.25, -0.2) is 9.59 Å².